The predicted octanol–water partition coefficient (Wildman–Crippen LogP) is 2.90. The molecule has 0 aliphatic carbocycles. The molecule has 2 aliphatic rings. The van der Waals surface area contributed by atoms with Gasteiger partial charge in [0.25, 0.3) is 0 Å². The molecule has 2 aromatic carbocycles. The van der Waals surface area contributed by atoms with Crippen LogP contribution < -0.4 is 10.1 Å². The van der Waals surface area contributed by atoms with Crippen LogP contribution in [0, 0.1) is 0 Å². The van der Waals surface area contributed by atoms with Crippen LogP contribution in [0.25, 0.3) is 0 Å². The van der Waals surface area contributed by atoms with Crippen LogP contribution in [0.5, 0.6) is 5.75 Å². The summed E-state index contributed by atoms with van der Waals surface area (Å²) in [6.07, 6.45) is -0.519. The van der Waals surface area contributed by atoms with Gasteiger partial charge >= 0.3 is 0 Å². The summed E-state index contributed by atoms with van der Waals surface area (Å²) in [4.78, 5) is 9.55. The van der Waals surface area contributed by atoms with Crippen molar-refractivity contribution >= 4 is 29.9 Å². The van der Waals surface area contributed by atoms with Crippen molar-refractivity contribution in [3.8, 4) is 5.75 Å². The van der Waals surface area contributed by atoms with E-state index in [-0.39, 0.29) is 36.6 Å². The normalized spacial score (nSPS) is 21.8. The van der Waals surface area contributed by atoms with Crippen LogP contribution >= 0.6 is 24.0 Å². The molecule has 2 saturated heterocycles. The van der Waals surface area contributed by atoms with Gasteiger partial charge < -0.3 is 24.8 Å². The van der Waals surface area contributed by atoms with Crippen molar-refractivity contribution in [3.05, 3.63) is 65.7 Å². The van der Waals surface area contributed by atoms with E-state index in [4.69, 9.17) is 14.5 Å². The quantitative estimate of drug-likeness (QED) is 0.305. The van der Waals surface area contributed by atoms with Gasteiger partial charge in [-0.3, -0.25) is 9.89 Å². The fourth-order valence-corrected chi connectivity index (χ4v) is 4.50. The van der Waals surface area contributed by atoms with Crippen molar-refractivity contribution in [2.45, 2.75) is 31.7 Å². The minimum Gasteiger partial charge on any atom is -0.497 e. The second kappa shape index (κ2) is 12.5. The topological polar surface area (TPSA) is 69.6 Å². The second-order valence-corrected chi connectivity index (χ2v) is 8.32. The minimum atomic E-state index is -0.686. The van der Waals surface area contributed by atoms with E-state index in [1.165, 1.54) is 5.56 Å². The summed E-state index contributed by atoms with van der Waals surface area (Å²) in [6, 6.07) is 18.5. The number of fused-ring (bicyclic) bond motifs is 1. The monoisotopic (exact) mass is 566 g/mol. The van der Waals surface area contributed by atoms with E-state index in [1.54, 1.807) is 7.11 Å². The molecule has 0 bridgehead atoms. The Hall–Kier alpha value is -1.88. The molecule has 0 spiro atoms. The van der Waals surface area contributed by atoms with Gasteiger partial charge in [-0.15, -0.1) is 24.0 Å². The summed E-state index contributed by atoms with van der Waals surface area (Å²) in [5, 5.41) is 14.1. The maximum absolute atomic E-state index is 10.7. The minimum absolute atomic E-state index is 0. The van der Waals surface area contributed by atoms with Crippen LogP contribution in [-0.4, -0.2) is 79.5 Å². The van der Waals surface area contributed by atoms with Gasteiger partial charge in [0.05, 0.1) is 38.5 Å². The van der Waals surface area contributed by atoms with E-state index in [1.807, 2.05) is 24.3 Å². The van der Waals surface area contributed by atoms with Crippen LogP contribution in [0.1, 0.15) is 24.2 Å². The Kier molecular flexibility index (Phi) is 9.78. The third-order valence-corrected chi connectivity index (χ3v) is 6.17. The molecule has 3 atom stereocenters. The van der Waals surface area contributed by atoms with Crippen molar-refractivity contribution in [3.63, 3.8) is 0 Å². The molecule has 2 aliphatic heterocycles. The number of guanidine groups is 1. The first-order chi connectivity index (χ1) is 15.7. The zero-order valence-electron chi connectivity index (χ0n) is 19.4. The summed E-state index contributed by atoms with van der Waals surface area (Å²) in [5.41, 5.74) is 2.13. The molecule has 2 heterocycles. The molecule has 4 rings (SSSR count). The number of aliphatic hydroxyl groups excluding tert-OH is 1. The lowest BCUT2D eigenvalue weighted by atomic mass is 10.1. The molecule has 8 heteroatoms. The lowest BCUT2D eigenvalue weighted by molar-refractivity contribution is -0.0502. The molecule has 3 unspecified atom stereocenters. The molecule has 0 amide bonds. The zero-order valence-corrected chi connectivity index (χ0v) is 21.7. The average Bonchev–Trinajstić information content (AvgIpc) is 3.27. The number of ether oxygens (including phenoxy) is 2. The lowest BCUT2D eigenvalue weighted by Crippen LogP contribution is -2.50. The Labute approximate surface area is 213 Å². The summed E-state index contributed by atoms with van der Waals surface area (Å²) in [6.45, 7) is 7.41. The molecule has 2 aromatic rings. The van der Waals surface area contributed by atoms with Gasteiger partial charge in [-0.1, -0.05) is 42.5 Å². The standard InChI is InChI=1S/C25H34N4O3.HI/c1-3-26-25(27-15-23(30)20-10-7-11-21(14-20)31-2)29-17-22-24(18-29)32-13-12-28(22)16-19-8-5-4-6-9-19;/h4-11,14,22-24,30H,3,12-13,15-18H2,1-2H3,(H,26,27);1H. The van der Waals surface area contributed by atoms with Crippen LogP contribution in [-0.2, 0) is 11.3 Å². The number of morpholine rings is 1. The third-order valence-electron chi connectivity index (χ3n) is 6.17. The molecule has 0 saturated carbocycles. The smallest absolute Gasteiger partial charge is 0.194 e. The SMILES string of the molecule is CCNC(=NCC(O)c1cccc(OC)c1)N1CC2OCCN(Cc3ccccc3)C2C1.I. The van der Waals surface area contributed by atoms with Crippen LogP contribution in [0.15, 0.2) is 59.6 Å². The Balaban J connectivity index is 0.00000306. The number of nitrogens with one attached hydrogen (secondary N) is 1. The number of methoxy groups -OCH3 is 1. The highest BCUT2D eigenvalue weighted by Crippen LogP contribution is 2.25. The van der Waals surface area contributed by atoms with E-state index >= 15 is 0 Å². The largest absolute Gasteiger partial charge is 0.497 e. The molecule has 2 fully saturated rings. The number of halogens is 1. The van der Waals surface area contributed by atoms with Gasteiger partial charge in [0.2, 0.25) is 0 Å². The van der Waals surface area contributed by atoms with E-state index in [0.29, 0.717) is 6.04 Å². The highest BCUT2D eigenvalue weighted by Gasteiger charge is 2.41. The molecular formula is C25H35IN4O3. The van der Waals surface area contributed by atoms with E-state index in [2.05, 4.69) is 52.4 Å². The van der Waals surface area contributed by atoms with E-state index < -0.39 is 6.10 Å². The highest BCUT2D eigenvalue weighted by molar-refractivity contribution is 14.0. The maximum Gasteiger partial charge on any atom is 0.194 e. The van der Waals surface area contributed by atoms with Gasteiger partial charge in [-0.25, -0.2) is 0 Å². The van der Waals surface area contributed by atoms with E-state index in [9.17, 15) is 5.11 Å². The molecular weight excluding hydrogens is 531 g/mol. The molecule has 7 nitrogen and oxygen atoms in total. The fourth-order valence-electron chi connectivity index (χ4n) is 4.50. The van der Waals surface area contributed by atoms with Gasteiger partial charge in [-0.05, 0) is 30.2 Å². The van der Waals surface area contributed by atoms with Crippen LogP contribution in [0.4, 0.5) is 0 Å². The van der Waals surface area contributed by atoms with Crippen molar-refractivity contribution in [1.29, 1.82) is 0 Å². The Bertz CT molecular complexity index is 898. The number of nitrogens with zero attached hydrogens (tertiary/aromatic N) is 3. The zero-order chi connectivity index (χ0) is 22.3. The molecule has 180 valence electrons. The Morgan fingerprint density at radius 3 is 2.79 bits per heavy atom. The Morgan fingerprint density at radius 2 is 2.03 bits per heavy atom. The summed E-state index contributed by atoms with van der Waals surface area (Å²) in [5.74, 6) is 1.56. The number of aliphatic hydroxyl groups is 1. The lowest BCUT2D eigenvalue weighted by Gasteiger charge is -2.36. The second-order valence-electron chi connectivity index (χ2n) is 8.32. The number of benzene rings is 2. The predicted molar refractivity (Wildman–Crippen MR) is 141 cm³/mol. The fraction of sp³-hybridized carbons (Fsp3) is 0.480. The molecule has 2 N–H and O–H groups in total. The van der Waals surface area contributed by atoms with Gasteiger partial charge in [0.15, 0.2) is 5.96 Å². The third kappa shape index (κ3) is 6.59. The van der Waals surface area contributed by atoms with Crippen LogP contribution in [0.3, 0.4) is 0 Å². The van der Waals surface area contributed by atoms with Gasteiger partial charge in [0, 0.05) is 32.7 Å². The van der Waals surface area contributed by atoms with Crippen molar-refractivity contribution in [2.24, 2.45) is 4.99 Å². The van der Waals surface area contributed by atoms with Gasteiger partial charge in [0.1, 0.15) is 5.75 Å². The summed E-state index contributed by atoms with van der Waals surface area (Å²) in [7, 11) is 1.63. The number of aliphatic imine (C=N–C) groups is 1. The first-order valence-electron chi connectivity index (χ1n) is 11.4. The highest BCUT2D eigenvalue weighted by atomic mass is 127. The number of rotatable bonds is 7. The van der Waals surface area contributed by atoms with Gasteiger partial charge in [-0.2, -0.15) is 0 Å². The molecule has 0 radical (unpaired) electrons. The molecule has 33 heavy (non-hydrogen) atoms. The van der Waals surface area contributed by atoms with Crippen molar-refractivity contribution < 1.29 is 14.6 Å². The van der Waals surface area contributed by atoms with Crippen LogP contribution in [0.2, 0.25) is 0 Å². The maximum atomic E-state index is 10.7. The summed E-state index contributed by atoms with van der Waals surface area (Å²) < 4.78 is 11.4. The average molecular weight is 566 g/mol. The summed E-state index contributed by atoms with van der Waals surface area (Å²) >= 11 is 0. The number of likely N-dealkylation sites (tertiary alicyclic amines) is 1. The first kappa shape index (κ1) is 25.7. The number of hydrogen-bond acceptors (Lipinski definition) is 5. The van der Waals surface area contributed by atoms with Crippen molar-refractivity contribution in [1.82, 2.24) is 15.1 Å². The molecule has 0 aromatic heterocycles. The number of hydrogen-bond donors (Lipinski definition) is 2. The first-order valence-corrected chi connectivity index (χ1v) is 11.4. The van der Waals surface area contributed by atoms with E-state index in [0.717, 1.165) is 56.6 Å². The Morgan fingerprint density at radius 1 is 1.21 bits per heavy atom. The van der Waals surface area contributed by atoms with Crippen molar-refractivity contribution in [2.75, 3.05) is 46.4 Å².